The third-order valence-corrected chi connectivity index (χ3v) is 8.56. The van der Waals surface area contributed by atoms with Crippen molar-refractivity contribution in [1.82, 2.24) is 14.9 Å². The van der Waals surface area contributed by atoms with Crippen LogP contribution in [0.3, 0.4) is 0 Å². The Morgan fingerprint density at radius 3 is 2.80 bits per heavy atom. The van der Waals surface area contributed by atoms with Crippen LogP contribution in [-0.4, -0.2) is 66.7 Å². The van der Waals surface area contributed by atoms with Crippen molar-refractivity contribution >= 4 is 16.6 Å². The van der Waals surface area contributed by atoms with E-state index in [2.05, 4.69) is 53.1 Å². The molecule has 2 fully saturated rings. The number of hydrogen-bond acceptors (Lipinski definition) is 6. The Balaban J connectivity index is 1.33. The third kappa shape index (κ3) is 5.35. The number of piperidine rings is 1. The summed E-state index contributed by atoms with van der Waals surface area (Å²) in [5.74, 6) is -1.64. The highest BCUT2D eigenvalue weighted by Gasteiger charge is 2.43. The van der Waals surface area contributed by atoms with E-state index in [1.165, 1.54) is 16.3 Å². The average Bonchev–Trinajstić information content (AvgIpc) is 3.22. The summed E-state index contributed by atoms with van der Waals surface area (Å²) in [4.78, 5) is 17.2. The van der Waals surface area contributed by atoms with Gasteiger partial charge in [0.05, 0.1) is 24.9 Å². The van der Waals surface area contributed by atoms with E-state index in [4.69, 9.17) is 26.0 Å². The topological polar surface area (TPSA) is 55.1 Å². The fraction of sp³-hybridized carbons (Fsp3) is 0.516. The first-order valence-electron chi connectivity index (χ1n) is 14.1. The van der Waals surface area contributed by atoms with Crippen LogP contribution < -0.4 is 9.64 Å². The van der Waals surface area contributed by atoms with Gasteiger partial charge in [0.2, 0.25) is 6.54 Å². The zero-order valence-corrected chi connectivity index (χ0v) is 23.1. The van der Waals surface area contributed by atoms with Gasteiger partial charge in [0.25, 0.3) is 5.92 Å². The number of aromatic nitrogens is 2. The summed E-state index contributed by atoms with van der Waals surface area (Å²) in [5, 5.41) is 2.38. The molecule has 3 aliphatic rings. The lowest BCUT2D eigenvalue weighted by molar-refractivity contribution is 0.0136. The maximum absolute atomic E-state index is 14.0. The molecule has 40 heavy (non-hydrogen) atoms. The second-order valence-electron chi connectivity index (χ2n) is 11.5. The summed E-state index contributed by atoms with van der Waals surface area (Å²) in [7, 11) is 1.70. The van der Waals surface area contributed by atoms with Crippen molar-refractivity contribution in [1.29, 1.82) is 0 Å². The molecule has 0 bridgehead atoms. The van der Waals surface area contributed by atoms with Crippen molar-refractivity contribution in [2.24, 2.45) is 5.92 Å². The fourth-order valence-corrected chi connectivity index (χ4v) is 6.54. The van der Waals surface area contributed by atoms with E-state index in [9.17, 15) is 8.78 Å². The molecule has 2 saturated heterocycles. The van der Waals surface area contributed by atoms with Gasteiger partial charge in [0.15, 0.2) is 0 Å². The molecule has 7 nitrogen and oxygen atoms in total. The highest BCUT2D eigenvalue weighted by atomic mass is 19.3. The minimum atomic E-state index is -2.71. The number of aryl methyl sites for hydroxylation is 1. The molecule has 3 atom stereocenters. The molecule has 0 saturated carbocycles. The highest BCUT2D eigenvalue weighted by Crippen LogP contribution is 2.39. The summed E-state index contributed by atoms with van der Waals surface area (Å²) < 4.78 is 40.5. The van der Waals surface area contributed by atoms with Crippen molar-refractivity contribution in [2.75, 3.05) is 44.7 Å². The second-order valence-corrected chi connectivity index (χ2v) is 11.5. The van der Waals surface area contributed by atoms with Crippen molar-refractivity contribution in [3.63, 3.8) is 0 Å². The van der Waals surface area contributed by atoms with Gasteiger partial charge in [-0.2, -0.15) is 9.97 Å². The Labute approximate surface area is 233 Å². The van der Waals surface area contributed by atoms with E-state index < -0.39 is 12.0 Å². The molecule has 0 radical (unpaired) electrons. The van der Waals surface area contributed by atoms with Gasteiger partial charge in [-0.05, 0) is 48.7 Å². The van der Waals surface area contributed by atoms with Crippen molar-refractivity contribution in [2.45, 2.75) is 57.3 Å². The molecule has 6 rings (SSSR count). The number of nitrogens with zero attached hydrogens (tertiary/aromatic N) is 5. The number of hydrogen-bond donors (Lipinski definition) is 0. The molecule has 0 aliphatic carbocycles. The van der Waals surface area contributed by atoms with Crippen LogP contribution in [-0.2, 0) is 17.8 Å². The molecule has 0 N–H and O–H groups in total. The number of rotatable bonds is 6. The Kier molecular flexibility index (Phi) is 7.32. The van der Waals surface area contributed by atoms with Crippen LogP contribution in [0.1, 0.15) is 47.8 Å². The quantitative estimate of drug-likeness (QED) is 0.374. The minimum Gasteiger partial charge on any atom is -0.462 e. The average molecular weight is 548 g/mol. The zero-order chi connectivity index (χ0) is 27.9. The summed E-state index contributed by atoms with van der Waals surface area (Å²) in [6.07, 6.45) is 2.16. The van der Waals surface area contributed by atoms with E-state index in [-0.39, 0.29) is 37.6 Å². The predicted octanol–water partition coefficient (Wildman–Crippen LogP) is 5.61. The largest absolute Gasteiger partial charge is 0.462 e. The summed E-state index contributed by atoms with van der Waals surface area (Å²) in [6, 6.07) is 12.4. The second kappa shape index (κ2) is 10.9. The van der Waals surface area contributed by atoms with E-state index >= 15 is 0 Å². The van der Waals surface area contributed by atoms with Crippen LogP contribution in [0.4, 0.5) is 14.6 Å². The highest BCUT2D eigenvalue weighted by molar-refractivity contribution is 5.89. The summed E-state index contributed by atoms with van der Waals surface area (Å²) in [5.41, 5.74) is 4.16. The molecular weight excluding hydrogens is 512 g/mol. The molecule has 1 aromatic heterocycles. The number of benzene rings is 2. The van der Waals surface area contributed by atoms with Crippen molar-refractivity contribution < 1.29 is 18.3 Å². The molecule has 0 amide bonds. The van der Waals surface area contributed by atoms with Gasteiger partial charge in [-0.1, -0.05) is 36.4 Å². The van der Waals surface area contributed by atoms with Gasteiger partial charge in [-0.25, -0.2) is 15.4 Å². The van der Waals surface area contributed by atoms with Gasteiger partial charge in [-0.15, -0.1) is 0 Å². The molecule has 3 aromatic rings. The van der Waals surface area contributed by atoms with Crippen LogP contribution in [0.25, 0.3) is 15.6 Å². The van der Waals surface area contributed by atoms with Crippen molar-refractivity contribution in [3.05, 3.63) is 70.2 Å². The number of anilines is 1. The molecule has 2 aromatic carbocycles. The lowest BCUT2D eigenvalue weighted by Gasteiger charge is -2.35. The molecule has 0 spiro atoms. The first-order valence-corrected chi connectivity index (χ1v) is 14.1. The number of fused-ring (bicyclic) bond motifs is 2. The smallest absolute Gasteiger partial charge is 0.318 e. The fourth-order valence-electron chi connectivity index (χ4n) is 6.54. The Morgan fingerprint density at radius 2 is 2.02 bits per heavy atom. The van der Waals surface area contributed by atoms with Crippen LogP contribution in [0.15, 0.2) is 36.4 Å². The van der Waals surface area contributed by atoms with Gasteiger partial charge < -0.3 is 19.2 Å². The number of alkyl halides is 2. The van der Waals surface area contributed by atoms with E-state index in [1.807, 2.05) is 0 Å². The molecule has 4 heterocycles. The van der Waals surface area contributed by atoms with Crippen LogP contribution >= 0.6 is 0 Å². The lowest BCUT2D eigenvalue weighted by atomic mass is 9.92. The number of likely N-dealkylation sites (N-methyl/N-ethyl adjacent to an activating group) is 1. The molecule has 210 valence electrons. The normalized spacial score (nSPS) is 24.6. The van der Waals surface area contributed by atoms with Crippen LogP contribution in [0.2, 0.25) is 0 Å². The van der Waals surface area contributed by atoms with Gasteiger partial charge in [-0.3, -0.25) is 4.90 Å². The standard InChI is InChI=1S/C31H35F2N5O2/c1-20-7-4-9-22-10-5-11-24(28(20)22)27-13-26-25(18-39-27)29(38-12-6-8-21(16-38)15-34-2)36-30(35-26)40-17-23-14-31(32,33)19-37(23)3/h4-5,7,9-11,21,23,27H,6,8,12-19H2,1,3H3/t21-,23-,27?/m0/s1. The van der Waals surface area contributed by atoms with Crippen molar-refractivity contribution in [3.8, 4) is 6.01 Å². The van der Waals surface area contributed by atoms with E-state index in [0.29, 0.717) is 19.6 Å². The predicted molar refractivity (Wildman–Crippen MR) is 150 cm³/mol. The monoisotopic (exact) mass is 547 g/mol. The Bertz CT molecular complexity index is 1440. The number of ether oxygens (including phenoxy) is 2. The number of likely N-dealkylation sites (tertiary alicyclic amines) is 1. The molecule has 3 aliphatic heterocycles. The van der Waals surface area contributed by atoms with E-state index in [1.54, 1.807) is 11.9 Å². The van der Waals surface area contributed by atoms with Gasteiger partial charge >= 0.3 is 6.01 Å². The number of halogens is 2. The maximum Gasteiger partial charge on any atom is 0.318 e. The Morgan fingerprint density at radius 1 is 1.20 bits per heavy atom. The van der Waals surface area contributed by atoms with Gasteiger partial charge in [0, 0.05) is 43.5 Å². The van der Waals surface area contributed by atoms with Crippen LogP contribution in [0, 0.1) is 19.4 Å². The van der Waals surface area contributed by atoms with E-state index in [0.717, 1.165) is 48.6 Å². The third-order valence-electron chi connectivity index (χ3n) is 8.56. The SMILES string of the molecule is [C-]#[N+]C[C@@H]1CCCN(c2nc(OC[C@@H]3CC(F)(F)CN3C)nc3c2COC(c2cccc4cccc(C)c24)C3)C1. The summed E-state index contributed by atoms with van der Waals surface area (Å²) in [6.45, 7) is 11.7. The lowest BCUT2D eigenvalue weighted by Crippen LogP contribution is -2.38. The molecule has 1 unspecified atom stereocenters. The molecule has 9 heteroatoms. The van der Waals surface area contributed by atoms with Gasteiger partial charge in [0.1, 0.15) is 12.4 Å². The molecular formula is C31H35F2N5O2. The summed E-state index contributed by atoms with van der Waals surface area (Å²) >= 11 is 0. The minimum absolute atomic E-state index is 0.104. The first-order chi connectivity index (χ1) is 19.3. The van der Waals surface area contributed by atoms with Crippen LogP contribution in [0.5, 0.6) is 6.01 Å². The first kappa shape index (κ1) is 26.9. The Hall–Kier alpha value is -3.35. The maximum atomic E-state index is 14.0. The zero-order valence-electron chi connectivity index (χ0n) is 23.1.